The lowest BCUT2D eigenvalue weighted by Gasteiger charge is -2.26. The second-order valence-electron chi connectivity index (χ2n) is 11.3. The molecule has 5 heteroatoms. The first-order chi connectivity index (χ1) is 16.2. The number of esters is 1. The van der Waals surface area contributed by atoms with Gasteiger partial charge in [-0.05, 0) is 47.6 Å². The summed E-state index contributed by atoms with van der Waals surface area (Å²) >= 11 is 0. The van der Waals surface area contributed by atoms with Crippen LogP contribution < -0.4 is 14.2 Å². The van der Waals surface area contributed by atoms with Gasteiger partial charge in [-0.2, -0.15) is 0 Å². The van der Waals surface area contributed by atoms with Crippen molar-refractivity contribution in [1.82, 2.24) is 0 Å². The molecular weight excluding hydrogens is 440 g/mol. The molecule has 5 nitrogen and oxygen atoms in total. The predicted molar refractivity (Wildman–Crippen MR) is 138 cm³/mol. The molecule has 4 rings (SSSR count). The molecule has 0 N–H and O–H groups in total. The minimum Gasteiger partial charge on any atom is -0.497 e. The van der Waals surface area contributed by atoms with Gasteiger partial charge in [0, 0.05) is 39.9 Å². The molecular formula is C30H34O5. The molecule has 0 fully saturated rings. The molecule has 0 aromatic heterocycles. The maximum absolute atomic E-state index is 13.0. The molecule has 35 heavy (non-hydrogen) atoms. The molecule has 0 bridgehead atoms. The summed E-state index contributed by atoms with van der Waals surface area (Å²) in [4.78, 5) is 25.2. The Balaban J connectivity index is 2.18. The maximum Gasteiger partial charge on any atom is 0.308 e. The van der Waals surface area contributed by atoms with E-state index in [1.807, 2.05) is 30.3 Å². The first-order valence-electron chi connectivity index (χ1n) is 11.9. The summed E-state index contributed by atoms with van der Waals surface area (Å²) in [5.74, 6) is 1.44. The van der Waals surface area contributed by atoms with Crippen molar-refractivity contribution in [3.05, 3.63) is 64.2 Å². The molecule has 1 aliphatic heterocycles. The summed E-state index contributed by atoms with van der Waals surface area (Å²) in [5, 5.41) is 1.49. The Labute approximate surface area is 207 Å². The van der Waals surface area contributed by atoms with E-state index >= 15 is 0 Å². The van der Waals surface area contributed by atoms with Crippen LogP contribution in [0, 0.1) is 0 Å². The molecule has 1 atom stereocenters. The molecule has 0 aliphatic carbocycles. The number of carbonyl (C=O) groups is 2. The van der Waals surface area contributed by atoms with Gasteiger partial charge >= 0.3 is 5.97 Å². The minimum atomic E-state index is -0.424. The van der Waals surface area contributed by atoms with Gasteiger partial charge in [0.15, 0.2) is 5.78 Å². The topological polar surface area (TPSA) is 61.8 Å². The second-order valence-corrected chi connectivity index (χ2v) is 11.3. The highest BCUT2D eigenvalue weighted by molar-refractivity contribution is 6.14. The summed E-state index contributed by atoms with van der Waals surface area (Å²) in [6.07, 6.45) is -0.366. The summed E-state index contributed by atoms with van der Waals surface area (Å²) in [6, 6.07) is 11.8. The molecule has 1 aliphatic rings. The van der Waals surface area contributed by atoms with Gasteiger partial charge in [-0.1, -0.05) is 53.7 Å². The maximum atomic E-state index is 13.0. The number of benzene rings is 3. The molecule has 1 heterocycles. The third kappa shape index (κ3) is 4.29. The van der Waals surface area contributed by atoms with Crippen LogP contribution in [0.1, 0.15) is 94.1 Å². The van der Waals surface area contributed by atoms with Crippen LogP contribution in [0.15, 0.2) is 36.4 Å². The van der Waals surface area contributed by atoms with Gasteiger partial charge in [0.2, 0.25) is 0 Å². The number of methoxy groups -OCH3 is 1. The normalized spacial score (nSPS) is 15.2. The predicted octanol–water partition coefficient (Wildman–Crippen LogP) is 7.05. The van der Waals surface area contributed by atoms with E-state index in [9.17, 15) is 9.59 Å². The quantitative estimate of drug-likeness (QED) is 0.230. The van der Waals surface area contributed by atoms with Crippen LogP contribution in [-0.2, 0) is 15.6 Å². The zero-order chi connectivity index (χ0) is 25.9. The smallest absolute Gasteiger partial charge is 0.308 e. The fourth-order valence-electron chi connectivity index (χ4n) is 4.78. The highest BCUT2D eigenvalue weighted by Crippen LogP contribution is 2.54. The van der Waals surface area contributed by atoms with Crippen molar-refractivity contribution in [3.63, 3.8) is 0 Å². The Kier molecular flexibility index (Phi) is 5.95. The van der Waals surface area contributed by atoms with E-state index in [0.29, 0.717) is 16.7 Å². The fourth-order valence-corrected chi connectivity index (χ4v) is 4.78. The number of carbonyl (C=O) groups excluding carboxylic acids is 2. The third-order valence-corrected chi connectivity index (χ3v) is 6.52. The number of hydrogen-bond donors (Lipinski definition) is 0. The number of ether oxygens (including phenoxy) is 3. The second kappa shape index (κ2) is 8.40. The van der Waals surface area contributed by atoms with E-state index in [-0.39, 0.29) is 22.7 Å². The zero-order valence-electron chi connectivity index (χ0n) is 22.1. The van der Waals surface area contributed by atoms with Gasteiger partial charge in [0.05, 0.1) is 7.11 Å². The Morgan fingerprint density at radius 2 is 1.46 bits per heavy atom. The largest absolute Gasteiger partial charge is 0.497 e. The summed E-state index contributed by atoms with van der Waals surface area (Å²) in [5.41, 5.74) is 3.67. The van der Waals surface area contributed by atoms with Gasteiger partial charge in [0.25, 0.3) is 0 Å². The van der Waals surface area contributed by atoms with Crippen molar-refractivity contribution < 1.29 is 23.8 Å². The standard InChI is InChI=1S/C30H34O5/c1-16(31)20-14-22(29(3,4)5)28-25-21(26(35-28)18-10-12-19(33-9)13-11-18)15-23(30(6,7)8)27(24(20)25)34-17(2)32/h10-15,26H,1-9H3. The lowest BCUT2D eigenvalue weighted by molar-refractivity contribution is -0.131. The van der Waals surface area contributed by atoms with E-state index in [0.717, 1.165) is 39.1 Å². The van der Waals surface area contributed by atoms with Crippen molar-refractivity contribution in [2.24, 2.45) is 0 Å². The van der Waals surface area contributed by atoms with Crippen LogP contribution in [0.4, 0.5) is 0 Å². The SMILES string of the molecule is COc1ccc(C2Oc3c(C(C)(C)C)cc(C(C)=O)c4c(OC(C)=O)c(C(C)(C)C)cc2c34)cc1. The molecule has 184 valence electrons. The monoisotopic (exact) mass is 474 g/mol. The Morgan fingerprint density at radius 3 is 1.94 bits per heavy atom. The van der Waals surface area contributed by atoms with Crippen molar-refractivity contribution >= 4 is 22.5 Å². The lowest BCUT2D eigenvalue weighted by atomic mass is 9.78. The first-order valence-corrected chi connectivity index (χ1v) is 11.9. The fraction of sp³-hybridized carbons (Fsp3) is 0.400. The molecule has 0 amide bonds. The highest BCUT2D eigenvalue weighted by atomic mass is 16.5. The van der Waals surface area contributed by atoms with E-state index in [4.69, 9.17) is 14.2 Å². The van der Waals surface area contributed by atoms with Crippen molar-refractivity contribution in [2.75, 3.05) is 7.11 Å². The van der Waals surface area contributed by atoms with E-state index in [1.54, 1.807) is 14.0 Å². The number of ketones is 1. The van der Waals surface area contributed by atoms with Crippen molar-refractivity contribution in [3.8, 4) is 17.2 Å². The highest BCUT2D eigenvalue weighted by Gasteiger charge is 2.38. The minimum absolute atomic E-state index is 0.0830. The number of hydrogen-bond acceptors (Lipinski definition) is 5. The molecule has 0 saturated carbocycles. The van der Waals surface area contributed by atoms with Crippen LogP contribution in [0.2, 0.25) is 0 Å². The molecule has 0 saturated heterocycles. The average molecular weight is 475 g/mol. The summed E-state index contributed by atoms with van der Waals surface area (Å²) in [6.45, 7) is 15.5. The molecule has 0 radical (unpaired) electrons. The molecule has 3 aromatic carbocycles. The molecule has 0 spiro atoms. The van der Waals surface area contributed by atoms with Crippen molar-refractivity contribution in [1.29, 1.82) is 0 Å². The van der Waals surface area contributed by atoms with Crippen LogP contribution in [-0.4, -0.2) is 18.9 Å². The van der Waals surface area contributed by atoms with Crippen LogP contribution in [0.3, 0.4) is 0 Å². The lowest BCUT2D eigenvalue weighted by Crippen LogP contribution is -2.17. The first kappa shape index (κ1) is 24.8. The number of rotatable bonds is 4. The molecule has 1 unspecified atom stereocenters. The third-order valence-electron chi connectivity index (χ3n) is 6.52. The van der Waals surface area contributed by atoms with Crippen molar-refractivity contribution in [2.45, 2.75) is 72.3 Å². The van der Waals surface area contributed by atoms with Crippen LogP contribution >= 0.6 is 0 Å². The Morgan fingerprint density at radius 1 is 0.857 bits per heavy atom. The zero-order valence-corrected chi connectivity index (χ0v) is 22.1. The van der Waals surface area contributed by atoms with Gasteiger partial charge < -0.3 is 14.2 Å². The summed E-state index contributed by atoms with van der Waals surface area (Å²) in [7, 11) is 1.64. The van der Waals surface area contributed by atoms with E-state index in [2.05, 4.69) is 47.6 Å². The van der Waals surface area contributed by atoms with Gasteiger partial charge in [0.1, 0.15) is 23.4 Å². The van der Waals surface area contributed by atoms with Gasteiger partial charge in [-0.25, -0.2) is 0 Å². The van der Waals surface area contributed by atoms with E-state index in [1.165, 1.54) is 6.92 Å². The van der Waals surface area contributed by atoms with Gasteiger partial charge in [-0.3, -0.25) is 9.59 Å². The Hall–Kier alpha value is -3.34. The summed E-state index contributed by atoms with van der Waals surface area (Å²) < 4.78 is 17.9. The van der Waals surface area contributed by atoms with Crippen LogP contribution in [0.5, 0.6) is 17.2 Å². The molecule has 3 aromatic rings. The van der Waals surface area contributed by atoms with Gasteiger partial charge in [-0.15, -0.1) is 0 Å². The average Bonchev–Trinajstić information content (AvgIpc) is 3.13. The number of Topliss-reactive ketones (excluding diaryl/α,β-unsaturated/α-hetero) is 1. The van der Waals surface area contributed by atoms with E-state index < -0.39 is 5.97 Å². The Bertz CT molecular complexity index is 1330. The van der Waals surface area contributed by atoms with Crippen LogP contribution in [0.25, 0.3) is 10.8 Å².